The molecule has 0 unspecified atom stereocenters. The van der Waals surface area contributed by atoms with Gasteiger partial charge in [0.1, 0.15) is 5.75 Å². The van der Waals surface area contributed by atoms with Crippen molar-refractivity contribution in [1.29, 1.82) is 0 Å². The molecule has 0 spiro atoms. The summed E-state index contributed by atoms with van der Waals surface area (Å²) in [5, 5.41) is 8.35. The van der Waals surface area contributed by atoms with Crippen LogP contribution >= 0.6 is 0 Å². The predicted molar refractivity (Wildman–Crippen MR) is 109 cm³/mol. The summed E-state index contributed by atoms with van der Waals surface area (Å²) in [6, 6.07) is 16.7. The van der Waals surface area contributed by atoms with Gasteiger partial charge in [0.2, 0.25) is 21.8 Å². The van der Waals surface area contributed by atoms with Gasteiger partial charge >= 0.3 is 0 Å². The molecule has 4 rings (SSSR count). The second-order valence-electron chi connectivity index (χ2n) is 7.09. The van der Waals surface area contributed by atoms with Crippen molar-refractivity contribution in [2.45, 2.75) is 24.5 Å². The fourth-order valence-electron chi connectivity index (χ4n) is 3.51. The third kappa shape index (κ3) is 4.49. The van der Waals surface area contributed by atoms with Crippen molar-refractivity contribution in [3.63, 3.8) is 0 Å². The highest BCUT2D eigenvalue weighted by atomic mass is 32.2. The SMILES string of the molecule is COc1ccc(-c2nnc(C3CCN(S(=O)(=O)Cc4ccccc4)CC3)o2)cc1. The summed E-state index contributed by atoms with van der Waals surface area (Å²) in [4.78, 5) is 0. The van der Waals surface area contributed by atoms with E-state index in [1.807, 2.05) is 54.6 Å². The molecular weight excluding hydrogens is 390 g/mol. The molecule has 1 aliphatic heterocycles. The van der Waals surface area contributed by atoms with Crippen LogP contribution in [-0.4, -0.2) is 43.1 Å². The zero-order valence-corrected chi connectivity index (χ0v) is 17.0. The Kier molecular flexibility index (Phi) is 5.64. The van der Waals surface area contributed by atoms with E-state index in [9.17, 15) is 8.42 Å². The van der Waals surface area contributed by atoms with Crippen LogP contribution in [0.15, 0.2) is 59.0 Å². The number of hydrogen-bond acceptors (Lipinski definition) is 6. The van der Waals surface area contributed by atoms with Gasteiger partial charge in [-0.1, -0.05) is 30.3 Å². The zero-order chi connectivity index (χ0) is 20.3. The van der Waals surface area contributed by atoms with Crippen LogP contribution in [0.25, 0.3) is 11.5 Å². The molecule has 2 heterocycles. The maximum atomic E-state index is 12.7. The van der Waals surface area contributed by atoms with Crippen LogP contribution in [0.5, 0.6) is 5.75 Å². The molecule has 2 aromatic carbocycles. The van der Waals surface area contributed by atoms with Gasteiger partial charge in [-0.2, -0.15) is 0 Å². The molecule has 152 valence electrons. The maximum absolute atomic E-state index is 12.7. The first-order valence-corrected chi connectivity index (χ1v) is 11.2. The van der Waals surface area contributed by atoms with Gasteiger partial charge in [0.25, 0.3) is 0 Å². The Morgan fingerprint density at radius 1 is 1.03 bits per heavy atom. The van der Waals surface area contributed by atoms with Gasteiger partial charge < -0.3 is 9.15 Å². The standard InChI is InChI=1S/C21H23N3O4S/c1-27-19-9-7-17(8-10-19)20-22-23-21(28-20)18-11-13-24(14-12-18)29(25,26)15-16-5-3-2-4-6-16/h2-10,18H,11-15H2,1H3. The lowest BCUT2D eigenvalue weighted by Crippen LogP contribution is -2.38. The summed E-state index contributed by atoms with van der Waals surface area (Å²) in [5.41, 5.74) is 1.63. The highest BCUT2D eigenvalue weighted by Gasteiger charge is 2.31. The number of hydrogen-bond donors (Lipinski definition) is 0. The average Bonchev–Trinajstić information content (AvgIpc) is 3.25. The van der Waals surface area contributed by atoms with Gasteiger partial charge in [0, 0.05) is 24.6 Å². The van der Waals surface area contributed by atoms with E-state index >= 15 is 0 Å². The van der Waals surface area contributed by atoms with Gasteiger partial charge in [-0.05, 0) is 42.7 Å². The van der Waals surface area contributed by atoms with Crippen LogP contribution in [0.4, 0.5) is 0 Å². The van der Waals surface area contributed by atoms with Crippen molar-refractivity contribution in [2.75, 3.05) is 20.2 Å². The fraction of sp³-hybridized carbons (Fsp3) is 0.333. The number of methoxy groups -OCH3 is 1. The highest BCUT2D eigenvalue weighted by molar-refractivity contribution is 7.88. The summed E-state index contributed by atoms with van der Waals surface area (Å²) < 4.78 is 38.0. The minimum absolute atomic E-state index is 0.0285. The quantitative estimate of drug-likeness (QED) is 0.615. The van der Waals surface area contributed by atoms with E-state index in [2.05, 4.69) is 10.2 Å². The number of aromatic nitrogens is 2. The molecule has 3 aromatic rings. The summed E-state index contributed by atoms with van der Waals surface area (Å²) in [5.74, 6) is 1.88. The summed E-state index contributed by atoms with van der Waals surface area (Å²) in [6.07, 6.45) is 1.33. The van der Waals surface area contributed by atoms with Crippen LogP contribution in [-0.2, 0) is 15.8 Å². The van der Waals surface area contributed by atoms with Crippen LogP contribution in [0.3, 0.4) is 0 Å². The molecule has 0 saturated carbocycles. The normalized spacial score (nSPS) is 16.0. The van der Waals surface area contributed by atoms with Crippen molar-refractivity contribution in [2.24, 2.45) is 0 Å². The molecule has 8 heteroatoms. The molecule has 0 amide bonds. The molecule has 0 atom stereocenters. The Bertz CT molecular complexity index is 1040. The van der Waals surface area contributed by atoms with E-state index in [4.69, 9.17) is 9.15 Å². The molecule has 0 bridgehead atoms. The number of sulfonamides is 1. The van der Waals surface area contributed by atoms with Gasteiger partial charge in [0.05, 0.1) is 12.9 Å². The Morgan fingerprint density at radius 3 is 2.38 bits per heavy atom. The van der Waals surface area contributed by atoms with Crippen LogP contribution < -0.4 is 4.74 Å². The van der Waals surface area contributed by atoms with Crippen molar-refractivity contribution in [1.82, 2.24) is 14.5 Å². The van der Waals surface area contributed by atoms with E-state index < -0.39 is 10.0 Å². The van der Waals surface area contributed by atoms with Gasteiger partial charge in [0.15, 0.2) is 0 Å². The van der Waals surface area contributed by atoms with E-state index in [0.29, 0.717) is 37.7 Å². The lowest BCUT2D eigenvalue weighted by atomic mass is 9.98. The number of ether oxygens (including phenoxy) is 1. The molecule has 1 aliphatic rings. The first kappa shape index (κ1) is 19.6. The van der Waals surface area contributed by atoms with Crippen molar-refractivity contribution < 1.29 is 17.6 Å². The minimum atomic E-state index is -3.33. The Hall–Kier alpha value is -2.71. The monoisotopic (exact) mass is 413 g/mol. The molecule has 29 heavy (non-hydrogen) atoms. The van der Waals surface area contributed by atoms with E-state index in [0.717, 1.165) is 16.9 Å². The maximum Gasteiger partial charge on any atom is 0.247 e. The van der Waals surface area contributed by atoms with Crippen molar-refractivity contribution >= 4 is 10.0 Å². The van der Waals surface area contributed by atoms with Crippen LogP contribution in [0.1, 0.15) is 30.2 Å². The molecule has 1 aromatic heterocycles. The smallest absolute Gasteiger partial charge is 0.247 e. The summed E-state index contributed by atoms with van der Waals surface area (Å²) in [7, 11) is -1.71. The fourth-order valence-corrected chi connectivity index (χ4v) is 5.07. The first-order chi connectivity index (χ1) is 14.0. The third-order valence-corrected chi connectivity index (χ3v) is 7.02. The topological polar surface area (TPSA) is 85.5 Å². The van der Waals surface area contributed by atoms with Crippen LogP contribution in [0, 0.1) is 0 Å². The lowest BCUT2D eigenvalue weighted by Gasteiger charge is -2.29. The zero-order valence-electron chi connectivity index (χ0n) is 16.2. The lowest BCUT2D eigenvalue weighted by molar-refractivity contribution is 0.291. The highest BCUT2D eigenvalue weighted by Crippen LogP contribution is 2.31. The molecule has 1 saturated heterocycles. The third-order valence-electron chi connectivity index (χ3n) is 5.17. The number of benzene rings is 2. The predicted octanol–water partition coefficient (Wildman–Crippen LogP) is 3.45. The minimum Gasteiger partial charge on any atom is -0.497 e. The molecule has 0 radical (unpaired) electrons. The second-order valence-corrected chi connectivity index (χ2v) is 9.06. The molecule has 7 nitrogen and oxygen atoms in total. The van der Waals surface area contributed by atoms with Gasteiger partial charge in [-0.25, -0.2) is 12.7 Å². The number of rotatable bonds is 6. The molecule has 0 N–H and O–H groups in total. The van der Waals surface area contributed by atoms with Crippen molar-refractivity contribution in [3.05, 3.63) is 66.1 Å². The largest absolute Gasteiger partial charge is 0.497 e. The summed E-state index contributed by atoms with van der Waals surface area (Å²) >= 11 is 0. The van der Waals surface area contributed by atoms with Gasteiger partial charge in [-0.15, -0.1) is 10.2 Å². The second kappa shape index (κ2) is 8.34. The van der Waals surface area contributed by atoms with E-state index in [1.54, 1.807) is 11.4 Å². The van der Waals surface area contributed by atoms with Crippen LogP contribution in [0.2, 0.25) is 0 Å². The first-order valence-electron chi connectivity index (χ1n) is 9.55. The summed E-state index contributed by atoms with van der Waals surface area (Å²) in [6.45, 7) is 0.917. The Morgan fingerprint density at radius 2 is 1.72 bits per heavy atom. The number of nitrogens with zero attached hydrogens (tertiary/aromatic N) is 3. The number of piperidine rings is 1. The Labute approximate surface area is 170 Å². The molecule has 0 aliphatic carbocycles. The Balaban J connectivity index is 1.39. The average molecular weight is 413 g/mol. The van der Waals surface area contributed by atoms with E-state index in [1.165, 1.54) is 0 Å². The molecular formula is C21H23N3O4S. The van der Waals surface area contributed by atoms with E-state index in [-0.39, 0.29) is 11.7 Å². The van der Waals surface area contributed by atoms with Crippen molar-refractivity contribution in [3.8, 4) is 17.2 Å². The van der Waals surface area contributed by atoms with Gasteiger partial charge in [-0.3, -0.25) is 0 Å². The molecule has 1 fully saturated rings.